The summed E-state index contributed by atoms with van der Waals surface area (Å²) in [5, 5.41) is 0. The summed E-state index contributed by atoms with van der Waals surface area (Å²) in [5.41, 5.74) is 0. The first-order chi connectivity index (χ1) is 6.12. The standard InChI is InChI=1S/H3O10P3Se/c1-11(2,3)7-12(4,5)8-13(6)9-14-10-13/h(H,4,5)(H2,1,2,3). The van der Waals surface area contributed by atoms with Crippen molar-refractivity contribution in [2.24, 2.45) is 0 Å². The van der Waals surface area contributed by atoms with Crippen molar-refractivity contribution in [3.8, 4) is 0 Å². The summed E-state index contributed by atoms with van der Waals surface area (Å²) in [6.07, 6.45) is 0. The van der Waals surface area contributed by atoms with Gasteiger partial charge in [-0.15, -0.1) is 0 Å². The van der Waals surface area contributed by atoms with E-state index >= 15 is 0 Å². The molecule has 0 spiro atoms. The van der Waals surface area contributed by atoms with Crippen molar-refractivity contribution in [1.82, 2.24) is 0 Å². The molecule has 0 aliphatic carbocycles. The van der Waals surface area contributed by atoms with Crippen LogP contribution in [-0.4, -0.2) is 30.3 Å². The first-order valence-corrected chi connectivity index (χ1v) is 8.46. The van der Waals surface area contributed by atoms with Crippen molar-refractivity contribution in [3.63, 3.8) is 0 Å². The quantitative estimate of drug-likeness (QED) is 0.469. The zero-order chi connectivity index (χ0) is 11.0. The van der Waals surface area contributed by atoms with Crippen LogP contribution < -0.4 is 0 Å². The van der Waals surface area contributed by atoms with Gasteiger partial charge in [-0.25, -0.2) is 0 Å². The van der Waals surface area contributed by atoms with E-state index in [-0.39, 0.29) is 0 Å². The second-order valence-electron chi connectivity index (χ2n) is 1.79. The molecule has 0 aromatic rings. The van der Waals surface area contributed by atoms with Crippen molar-refractivity contribution in [2.45, 2.75) is 0 Å². The predicted octanol–water partition coefficient (Wildman–Crippen LogP) is -0.0982. The molecule has 0 bridgehead atoms. The molecule has 0 aromatic carbocycles. The zero-order valence-corrected chi connectivity index (χ0v) is 10.3. The fraction of sp³-hybridized carbons (Fsp3) is 0. The van der Waals surface area contributed by atoms with Gasteiger partial charge in [0, 0.05) is 0 Å². The van der Waals surface area contributed by atoms with Gasteiger partial charge in [-0.2, -0.15) is 0 Å². The fourth-order valence-corrected chi connectivity index (χ4v) is 5.27. The van der Waals surface area contributed by atoms with Crippen LogP contribution >= 0.6 is 23.5 Å². The Morgan fingerprint density at radius 3 is 2.00 bits per heavy atom. The molecule has 1 heterocycles. The minimum absolute atomic E-state index is 0.891. The summed E-state index contributed by atoms with van der Waals surface area (Å²) in [4.78, 5) is 24.9. The summed E-state index contributed by atoms with van der Waals surface area (Å²) in [6.45, 7) is 0. The molecule has 1 fully saturated rings. The van der Waals surface area contributed by atoms with Gasteiger partial charge in [0.1, 0.15) is 0 Å². The maximum absolute atomic E-state index is 10.9. The van der Waals surface area contributed by atoms with E-state index in [1.807, 2.05) is 0 Å². The average Bonchev–Trinajstić information content (AvgIpc) is 1.76. The van der Waals surface area contributed by atoms with Crippen molar-refractivity contribution in [1.29, 1.82) is 0 Å². The number of rotatable bonds is 4. The second kappa shape index (κ2) is 4.07. The Balaban J connectivity index is 2.63. The molecule has 1 unspecified atom stereocenters. The molecule has 84 valence electrons. The molecule has 1 atom stereocenters. The van der Waals surface area contributed by atoms with Crippen molar-refractivity contribution < 1.29 is 44.2 Å². The van der Waals surface area contributed by atoms with Crippen LogP contribution in [-0.2, 0) is 29.5 Å². The molecule has 0 amide bonds. The van der Waals surface area contributed by atoms with E-state index in [1.165, 1.54) is 0 Å². The molecule has 1 rings (SSSR count). The van der Waals surface area contributed by atoms with Crippen molar-refractivity contribution in [3.05, 3.63) is 0 Å². The Hall–Kier alpha value is 0.929. The maximum atomic E-state index is 10.9. The van der Waals surface area contributed by atoms with E-state index in [4.69, 9.17) is 14.7 Å². The van der Waals surface area contributed by atoms with Crippen LogP contribution in [0.15, 0.2) is 0 Å². The Bertz CT molecular complexity index is 342. The molecule has 10 nitrogen and oxygen atoms in total. The summed E-state index contributed by atoms with van der Waals surface area (Å²) < 4.78 is 47.2. The third kappa shape index (κ3) is 4.20. The average molecular weight is 335 g/mol. The molecule has 3 N–H and O–H groups in total. The van der Waals surface area contributed by atoms with Gasteiger partial charge in [-0.05, 0) is 0 Å². The molecule has 0 saturated carbocycles. The van der Waals surface area contributed by atoms with E-state index in [0.29, 0.717) is 0 Å². The summed E-state index contributed by atoms with van der Waals surface area (Å²) in [7, 11) is -14.5. The van der Waals surface area contributed by atoms with Gasteiger partial charge in [0.05, 0.1) is 0 Å². The number of hydrogen-bond donors (Lipinski definition) is 3. The third-order valence-electron chi connectivity index (χ3n) is 0.656. The van der Waals surface area contributed by atoms with Gasteiger partial charge in [0.2, 0.25) is 0 Å². The Morgan fingerprint density at radius 1 is 1.21 bits per heavy atom. The molecule has 0 radical (unpaired) electrons. The van der Waals surface area contributed by atoms with Gasteiger partial charge in [0.15, 0.2) is 0 Å². The third-order valence-corrected chi connectivity index (χ3v) is 7.51. The summed E-state index contributed by atoms with van der Waals surface area (Å²) in [6, 6.07) is 0. The van der Waals surface area contributed by atoms with Crippen LogP contribution in [0, 0.1) is 0 Å². The van der Waals surface area contributed by atoms with Gasteiger partial charge >= 0.3 is 83.3 Å². The van der Waals surface area contributed by atoms with Crippen LogP contribution in [0.25, 0.3) is 0 Å². The summed E-state index contributed by atoms with van der Waals surface area (Å²) in [5.74, 6) is 0. The van der Waals surface area contributed by atoms with E-state index in [9.17, 15) is 13.7 Å². The molecule has 14 heavy (non-hydrogen) atoms. The molecule has 1 aliphatic heterocycles. The SMILES string of the molecule is O=P(O)(O)OP(=O)(O)OP1(=O)O[Se]O1. The van der Waals surface area contributed by atoms with E-state index in [0.717, 1.165) is 0 Å². The summed E-state index contributed by atoms with van der Waals surface area (Å²) >= 11 is -0.891. The molecule has 14 heteroatoms. The second-order valence-corrected chi connectivity index (χ2v) is 8.37. The Labute approximate surface area is 83.8 Å². The topological polar surface area (TPSA) is 149 Å². The Kier molecular flexibility index (Phi) is 3.78. The molecular formula is H3O10P3Se. The zero-order valence-electron chi connectivity index (χ0n) is 5.95. The first-order valence-electron chi connectivity index (χ1n) is 2.58. The fourth-order valence-electron chi connectivity index (χ4n) is 0.383. The molecule has 1 saturated heterocycles. The van der Waals surface area contributed by atoms with Gasteiger partial charge in [-0.1, -0.05) is 0 Å². The van der Waals surface area contributed by atoms with Gasteiger partial charge in [0.25, 0.3) is 0 Å². The van der Waals surface area contributed by atoms with Crippen LogP contribution in [0.5, 0.6) is 0 Å². The first kappa shape index (κ1) is 13.0. The van der Waals surface area contributed by atoms with Crippen LogP contribution in [0.1, 0.15) is 0 Å². The van der Waals surface area contributed by atoms with Crippen LogP contribution in [0.4, 0.5) is 0 Å². The normalized spacial score (nSPS) is 25.1. The monoisotopic (exact) mass is 336 g/mol. The molecular weight excluding hydrogens is 332 g/mol. The van der Waals surface area contributed by atoms with Crippen molar-refractivity contribution >= 4 is 39.1 Å². The minimum atomic E-state index is -5.22. The van der Waals surface area contributed by atoms with E-state index in [2.05, 4.69) is 15.8 Å². The Morgan fingerprint density at radius 2 is 1.71 bits per heavy atom. The van der Waals surface area contributed by atoms with E-state index < -0.39 is 39.1 Å². The molecule has 1 aliphatic rings. The van der Waals surface area contributed by atoms with Crippen LogP contribution in [0.3, 0.4) is 0 Å². The number of phosphoric acid groups is 3. The number of hydrogen-bond acceptors (Lipinski definition) is 7. The van der Waals surface area contributed by atoms with Crippen LogP contribution in [0.2, 0.25) is 0 Å². The van der Waals surface area contributed by atoms with Gasteiger partial charge < -0.3 is 0 Å². The van der Waals surface area contributed by atoms with E-state index in [1.54, 1.807) is 0 Å². The van der Waals surface area contributed by atoms with Crippen molar-refractivity contribution in [2.75, 3.05) is 0 Å². The van der Waals surface area contributed by atoms with Gasteiger partial charge in [-0.3, -0.25) is 0 Å². The predicted molar refractivity (Wildman–Crippen MR) is 39.6 cm³/mol. The molecule has 0 aromatic heterocycles.